The second-order valence-electron chi connectivity index (χ2n) is 14.8. The number of nitrogens with one attached hydrogen (secondary N) is 2. The second kappa shape index (κ2) is 29.6. The number of aliphatic hydroxyl groups excluding tert-OH is 3. The van der Waals surface area contributed by atoms with Gasteiger partial charge in [0.2, 0.25) is 11.8 Å². The Morgan fingerprint density at radius 1 is 0.717 bits per heavy atom. The first-order chi connectivity index (χ1) is 25.8. The maximum absolute atomic E-state index is 13.9. The van der Waals surface area contributed by atoms with E-state index in [1.165, 1.54) is 83.5 Å². The molecule has 0 unspecified atom stereocenters. The summed E-state index contributed by atoms with van der Waals surface area (Å²) in [5.74, 6) is -0.797. The Labute approximate surface area is 320 Å². The third kappa shape index (κ3) is 20.0. The van der Waals surface area contributed by atoms with Crippen LogP contribution in [0.5, 0.6) is 0 Å². The summed E-state index contributed by atoms with van der Waals surface area (Å²) in [4.78, 5) is 40.8. The highest BCUT2D eigenvalue weighted by Crippen LogP contribution is 2.26. The lowest BCUT2D eigenvalue weighted by molar-refractivity contribution is -0.231. The van der Waals surface area contributed by atoms with Gasteiger partial charge in [0, 0.05) is 13.0 Å². The number of amides is 3. The number of unbranched alkanes of at least 4 members (excludes halogenated alkanes) is 19. The van der Waals surface area contributed by atoms with E-state index in [9.17, 15) is 29.7 Å². The first-order valence-electron chi connectivity index (χ1n) is 21.0. The quantitative estimate of drug-likeness (QED) is 0.0514. The van der Waals surface area contributed by atoms with Gasteiger partial charge in [-0.15, -0.1) is 0 Å². The van der Waals surface area contributed by atoms with Gasteiger partial charge in [0.05, 0.1) is 6.61 Å². The first-order valence-corrected chi connectivity index (χ1v) is 21.0. The maximum atomic E-state index is 13.9. The van der Waals surface area contributed by atoms with E-state index in [2.05, 4.69) is 24.5 Å². The molecule has 1 aromatic carbocycles. The van der Waals surface area contributed by atoms with Crippen LogP contribution >= 0.6 is 0 Å². The van der Waals surface area contributed by atoms with Gasteiger partial charge in [0.25, 0.3) is 0 Å². The van der Waals surface area contributed by atoms with Crippen LogP contribution in [-0.2, 0) is 25.7 Å². The molecule has 1 aliphatic heterocycles. The number of carbonyl (C=O) groups is 3. The SMILES string of the molecule is CCCCCCCCCCCCCC(=O)N(CCCCCCCCCCCC)[C@@H]1O[C@H](CO)[C@@H](O)[C@H](O)[C@H]1NC(=O)CNC(=O)OCc1ccccc1. The molecular formula is C42H73N3O8. The molecule has 0 aromatic heterocycles. The fraction of sp³-hybridized carbons (Fsp3) is 0.786. The van der Waals surface area contributed by atoms with E-state index in [-0.39, 0.29) is 12.5 Å². The molecule has 0 bridgehead atoms. The highest BCUT2D eigenvalue weighted by Gasteiger charge is 2.48. The van der Waals surface area contributed by atoms with E-state index in [1.807, 2.05) is 30.3 Å². The van der Waals surface area contributed by atoms with Crippen LogP contribution < -0.4 is 10.6 Å². The van der Waals surface area contributed by atoms with Crippen LogP contribution in [0.4, 0.5) is 4.79 Å². The minimum absolute atomic E-state index is 0.0371. The lowest BCUT2D eigenvalue weighted by Crippen LogP contribution is -2.69. The fourth-order valence-electron chi connectivity index (χ4n) is 6.93. The average Bonchev–Trinajstić information content (AvgIpc) is 3.17. The summed E-state index contributed by atoms with van der Waals surface area (Å²) in [7, 11) is 0. The molecule has 3 amide bonds. The Bertz CT molecular complexity index is 1090. The van der Waals surface area contributed by atoms with Gasteiger partial charge in [-0.05, 0) is 18.4 Å². The lowest BCUT2D eigenvalue weighted by atomic mass is 9.94. The number of ether oxygens (including phenoxy) is 2. The summed E-state index contributed by atoms with van der Waals surface area (Å²) in [6, 6.07) is 7.96. The molecule has 2 rings (SSSR count). The van der Waals surface area contributed by atoms with Crippen molar-refractivity contribution in [1.29, 1.82) is 0 Å². The van der Waals surface area contributed by atoms with Gasteiger partial charge in [-0.2, -0.15) is 0 Å². The number of hydrogen-bond acceptors (Lipinski definition) is 8. The Kier molecular flexibility index (Phi) is 25.9. The number of hydrogen-bond donors (Lipinski definition) is 5. The van der Waals surface area contributed by atoms with Crippen molar-refractivity contribution in [2.75, 3.05) is 19.7 Å². The van der Waals surface area contributed by atoms with Gasteiger partial charge in [0.15, 0.2) is 6.23 Å². The van der Waals surface area contributed by atoms with Crippen molar-refractivity contribution in [3.05, 3.63) is 35.9 Å². The number of alkyl carbamates (subject to hydrolysis) is 1. The van der Waals surface area contributed by atoms with E-state index in [1.54, 1.807) is 4.90 Å². The lowest BCUT2D eigenvalue weighted by Gasteiger charge is -2.47. The van der Waals surface area contributed by atoms with E-state index >= 15 is 0 Å². The number of nitrogens with zero attached hydrogens (tertiary/aromatic N) is 1. The predicted octanol–water partition coefficient (Wildman–Crippen LogP) is 7.29. The van der Waals surface area contributed by atoms with E-state index in [0.717, 1.165) is 56.9 Å². The van der Waals surface area contributed by atoms with Crippen molar-refractivity contribution in [2.45, 2.75) is 192 Å². The van der Waals surface area contributed by atoms with Gasteiger partial charge in [-0.3, -0.25) is 9.59 Å². The molecule has 0 aliphatic carbocycles. The molecule has 304 valence electrons. The molecular weight excluding hydrogens is 674 g/mol. The largest absolute Gasteiger partial charge is 0.445 e. The number of aliphatic hydroxyl groups is 3. The van der Waals surface area contributed by atoms with Crippen LogP contribution in [0.3, 0.4) is 0 Å². The van der Waals surface area contributed by atoms with Crippen molar-refractivity contribution >= 4 is 17.9 Å². The van der Waals surface area contributed by atoms with Gasteiger partial charge in [-0.25, -0.2) is 4.79 Å². The third-order valence-corrected chi connectivity index (χ3v) is 10.2. The number of carbonyl (C=O) groups excluding carboxylic acids is 3. The molecule has 1 aliphatic rings. The number of rotatable bonds is 30. The standard InChI is InChI=1S/C42H73N3O8/c1-3-5-7-9-11-13-15-16-18-20-25-29-37(48)45(30-26-21-19-17-14-12-10-8-6-4-2)41-38(40(50)39(49)35(32-46)53-41)44-36(47)31-43-42(51)52-33-34-27-23-22-24-28-34/h22-24,27-28,35,38-41,46,49-50H,3-21,25-26,29-33H2,1-2H3,(H,43,51)(H,44,47)/t35-,38-,39-,40-,41-/m1/s1. The van der Waals surface area contributed by atoms with Crippen LogP contribution in [0.25, 0.3) is 0 Å². The molecule has 5 atom stereocenters. The summed E-state index contributed by atoms with van der Waals surface area (Å²) in [6.07, 6.45) is 18.4. The zero-order chi connectivity index (χ0) is 38.5. The van der Waals surface area contributed by atoms with E-state index in [0.29, 0.717) is 13.0 Å². The molecule has 1 heterocycles. The highest BCUT2D eigenvalue weighted by molar-refractivity contribution is 5.82. The van der Waals surface area contributed by atoms with Crippen molar-refractivity contribution in [1.82, 2.24) is 15.5 Å². The smallest absolute Gasteiger partial charge is 0.407 e. The van der Waals surface area contributed by atoms with Crippen molar-refractivity contribution in [2.24, 2.45) is 0 Å². The highest BCUT2D eigenvalue weighted by atomic mass is 16.6. The molecule has 5 N–H and O–H groups in total. The Hall–Kier alpha value is -2.73. The number of benzene rings is 1. The van der Waals surface area contributed by atoms with Crippen LogP contribution in [0.1, 0.15) is 161 Å². The molecule has 0 spiro atoms. The maximum Gasteiger partial charge on any atom is 0.407 e. The van der Waals surface area contributed by atoms with Crippen LogP contribution in [0, 0.1) is 0 Å². The fourth-order valence-corrected chi connectivity index (χ4v) is 6.93. The van der Waals surface area contributed by atoms with Crippen molar-refractivity contribution in [3.63, 3.8) is 0 Å². The minimum atomic E-state index is -1.52. The van der Waals surface area contributed by atoms with Crippen molar-refractivity contribution < 1.29 is 39.2 Å². The third-order valence-electron chi connectivity index (χ3n) is 10.2. The topological polar surface area (TPSA) is 158 Å². The summed E-state index contributed by atoms with van der Waals surface area (Å²) in [5.41, 5.74) is 0.796. The zero-order valence-electron chi connectivity index (χ0n) is 33.0. The molecule has 11 nitrogen and oxygen atoms in total. The molecule has 0 saturated carbocycles. The zero-order valence-corrected chi connectivity index (χ0v) is 33.0. The summed E-state index contributed by atoms with van der Waals surface area (Å²) in [6.45, 7) is 3.83. The van der Waals surface area contributed by atoms with Crippen molar-refractivity contribution in [3.8, 4) is 0 Å². The molecule has 1 saturated heterocycles. The van der Waals surface area contributed by atoms with Gasteiger partial charge < -0.3 is 40.3 Å². The van der Waals surface area contributed by atoms with E-state index in [4.69, 9.17) is 9.47 Å². The summed E-state index contributed by atoms with van der Waals surface area (Å²) < 4.78 is 11.3. The molecule has 11 heteroatoms. The Morgan fingerprint density at radius 2 is 1.23 bits per heavy atom. The monoisotopic (exact) mass is 748 g/mol. The van der Waals surface area contributed by atoms with Gasteiger partial charge in [0.1, 0.15) is 37.5 Å². The minimum Gasteiger partial charge on any atom is -0.445 e. The van der Waals surface area contributed by atoms with E-state index < -0.39 is 55.7 Å². The van der Waals surface area contributed by atoms with Crippen LogP contribution in [-0.4, -0.2) is 88.4 Å². The first kappa shape index (κ1) is 46.4. The Balaban J connectivity index is 1.99. The van der Waals surface area contributed by atoms with Crippen LogP contribution in [0.2, 0.25) is 0 Å². The van der Waals surface area contributed by atoms with Gasteiger partial charge >= 0.3 is 6.09 Å². The molecule has 1 fully saturated rings. The van der Waals surface area contributed by atoms with Gasteiger partial charge in [-0.1, -0.05) is 166 Å². The second-order valence-corrected chi connectivity index (χ2v) is 14.8. The average molecular weight is 748 g/mol. The summed E-state index contributed by atoms with van der Waals surface area (Å²) in [5, 5.41) is 37.0. The van der Waals surface area contributed by atoms with Crippen LogP contribution in [0.15, 0.2) is 30.3 Å². The predicted molar refractivity (Wildman–Crippen MR) is 209 cm³/mol. The normalized spacial score (nSPS) is 19.8. The summed E-state index contributed by atoms with van der Waals surface area (Å²) >= 11 is 0. The Morgan fingerprint density at radius 3 is 1.75 bits per heavy atom. The molecule has 0 radical (unpaired) electrons. The molecule has 53 heavy (non-hydrogen) atoms. The molecule has 1 aromatic rings.